The summed E-state index contributed by atoms with van der Waals surface area (Å²) in [6, 6.07) is 7.68. The summed E-state index contributed by atoms with van der Waals surface area (Å²) in [4.78, 5) is 13.9. The first-order valence-electron chi connectivity index (χ1n) is 6.53. The summed E-state index contributed by atoms with van der Waals surface area (Å²) in [6.45, 7) is 3.48. The molecule has 2 heterocycles. The van der Waals surface area contributed by atoms with E-state index in [0.29, 0.717) is 0 Å². The second-order valence-corrected chi connectivity index (χ2v) is 6.07. The number of nitriles is 1. The van der Waals surface area contributed by atoms with E-state index in [0.717, 1.165) is 39.0 Å². The quantitative estimate of drug-likeness (QED) is 0.838. The number of likely N-dealkylation sites (tertiary alicyclic amines) is 1. The molecule has 0 bridgehead atoms. The first-order chi connectivity index (χ1) is 9.19. The summed E-state index contributed by atoms with van der Waals surface area (Å²) < 4.78 is 1.54. The molecule has 0 N–H and O–H groups in total. The van der Waals surface area contributed by atoms with Gasteiger partial charge in [-0.2, -0.15) is 5.26 Å². The van der Waals surface area contributed by atoms with Crippen molar-refractivity contribution in [1.29, 1.82) is 5.26 Å². The highest BCUT2D eigenvalue weighted by molar-refractivity contribution is 8.00. The maximum absolute atomic E-state index is 11.6. The number of aromatic nitrogens is 1. The fraction of sp³-hybridized carbons (Fsp3) is 0.571. The Hall–Kier alpha value is -1.25. The number of piperidine rings is 1. The summed E-state index contributed by atoms with van der Waals surface area (Å²) in [5.41, 5.74) is 0.0509. The molecule has 1 aliphatic heterocycles. The molecule has 1 fully saturated rings. The number of pyridine rings is 1. The van der Waals surface area contributed by atoms with Crippen molar-refractivity contribution in [2.24, 2.45) is 0 Å². The van der Waals surface area contributed by atoms with Crippen LogP contribution in [0.2, 0.25) is 0 Å². The second-order valence-electron chi connectivity index (χ2n) is 4.88. The van der Waals surface area contributed by atoms with Crippen LogP contribution < -0.4 is 5.56 Å². The van der Waals surface area contributed by atoms with Gasteiger partial charge in [0.05, 0.1) is 6.07 Å². The van der Waals surface area contributed by atoms with Crippen LogP contribution in [-0.2, 0) is 6.54 Å². The molecule has 0 amide bonds. The molecule has 0 spiro atoms. The second kappa shape index (κ2) is 6.27. The van der Waals surface area contributed by atoms with Crippen molar-refractivity contribution in [2.45, 2.75) is 24.1 Å². The predicted molar refractivity (Wildman–Crippen MR) is 78.2 cm³/mol. The Bertz CT molecular complexity index is 512. The van der Waals surface area contributed by atoms with E-state index in [2.05, 4.69) is 11.0 Å². The van der Waals surface area contributed by atoms with E-state index in [1.165, 1.54) is 0 Å². The van der Waals surface area contributed by atoms with Crippen molar-refractivity contribution in [1.82, 2.24) is 9.47 Å². The standard InChI is InChI=1S/C14H19N3OS/c1-19-14(12-15)5-8-16(9-6-14)10-11-17-7-3-2-4-13(17)18/h2-4,7H,5-6,8-11H2,1H3. The van der Waals surface area contributed by atoms with Crippen molar-refractivity contribution >= 4 is 11.8 Å². The SMILES string of the molecule is CSC1(C#N)CCN(CCn2ccccc2=O)CC1. The minimum atomic E-state index is -0.194. The van der Waals surface area contributed by atoms with Gasteiger partial charge in [0.1, 0.15) is 4.75 Å². The molecular weight excluding hydrogens is 258 g/mol. The lowest BCUT2D eigenvalue weighted by Crippen LogP contribution is -2.43. The molecule has 1 aromatic rings. The van der Waals surface area contributed by atoms with Crippen LogP contribution in [-0.4, -0.2) is 40.1 Å². The Morgan fingerprint density at radius 3 is 2.68 bits per heavy atom. The van der Waals surface area contributed by atoms with E-state index in [9.17, 15) is 10.1 Å². The van der Waals surface area contributed by atoms with Crippen LogP contribution in [0.15, 0.2) is 29.2 Å². The van der Waals surface area contributed by atoms with Crippen LogP contribution in [0.5, 0.6) is 0 Å². The molecule has 0 radical (unpaired) electrons. The van der Waals surface area contributed by atoms with Crippen LogP contribution >= 0.6 is 11.8 Å². The molecule has 1 aliphatic rings. The van der Waals surface area contributed by atoms with E-state index in [-0.39, 0.29) is 10.3 Å². The van der Waals surface area contributed by atoms with Gasteiger partial charge < -0.3 is 9.47 Å². The van der Waals surface area contributed by atoms with E-state index in [1.54, 1.807) is 28.5 Å². The van der Waals surface area contributed by atoms with Gasteiger partial charge in [-0.3, -0.25) is 4.79 Å². The molecule has 2 rings (SSSR count). The summed E-state index contributed by atoms with van der Waals surface area (Å²) in [5.74, 6) is 0. The molecule has 0 aromatic carbocycles. The van der Waals surface area contributed by atoms with Crippen LogP contribution in [0.25, 0.3) is 0 Å². The number of thioether (sulfide) groups is 1. The molecule has 0 saturated carbocycles. The highest BCUT2D eigenvalue weighted by atomic mass is 32.2. The molecule has 1 saturated heterocycles. The van der Waals surface area contributed by atoms with Crippen molar-refractivity contribution in [2.75, 3.05) is 25.9 Å². The molecule has 0 unspecified atom stereocenters. The van der Waals surface area contributed by atoms with Crippen LogP contribution in [0, 0.1) is 11.3 Å². The van der Waals surface area contributed by atoms with Crippen molar-refractivity contribution in [3.8, 4) is 6.07 Å². The third kappa shape index (κ3) is 3.40. The van der Waals surface area contributed by atoms with Gasteiger partial charge in [-0.15, -0.1) is 11.8 Å². The van der Waals surface area contributed by atoms with Gasteiger partial charge >= 0.3 is 0 Å². The van der Waals surface area contributed by atoms with Crippen molar-refractivity contribution in [3.63, 3.8) is 0 Å². The zero-order chi connectivity index (χ0) is 13.7. The summed E-state index contributed by atoms with van der Waals surface area (Å²) >= 11 is 1.67. The number of hydrogen-bond donors (Lipinski definition) is 0. The predicted octanol–water partition coefficient (Wildman–Crippen LogP) is 1.57. The van der Waals surface area contributed by atoms with Gasteiger partial charge in [-0.05, 0) is 25.2 Å². The fourth-order valence-electron chi connectivity index (χ4n) is 2.39. The minimum Gasteiger partial charge on any atom is -0.314 e. The maximum atomic E-state index is 11.6. The Kier molecular flexibility index (Phi) is 4.67. The molecule has 4 nitrogen and oxygen atoms in total. The number of nitrogens with zero attached hydrogens (tertiary/aromatic N) is 3. The van der Waals surface area contributed by atoms with Crippen LogP contribution in [0.1, 0.15) is 12.8 Å². The molecule has 19 heavy (non-hydrogen) atoms. The lowest BCUT2D eigenvalue weighted by atomic mass is 9.97. The summed E-state index contributed by atoms with van der Waals surface area (Å²) in [5, 5.41) is 9.24. The minimum absolute atomic E-state index is 0.0509. The normalized spacial score (nSPS) is 18.9. The van der Waals surface area contributed by atoms with Gasteiger partial charge in [-0.25, -0.2) is 0 Å². The molecule has 0 aliphatic carbocycles. The van der Waals surface area contributed by atoms with E-state index in [1.807, 2.05) is 18.5 Å². The molecule has 0 atom stereocenters. The molecular formula is C14H19N3OS. The van der Waals surface area contributed by atoms with Crippen molar-refractivity contribution < 1.29 is 0 Å². The molecule has 5 heteroatoms. The average Bonchev–Trinajstić information content (AvgIpc) is 2.47. The largest absolute Gasteiger partial charge is 0.314 e. The fourth-order valence-corrected chi connectivity index (χ4v) is 3.08. The first kappa shape index (κ1) is 14.2. The molecule has 1 aromatic heterocycles. The summed E-state index contributed by atoms with van der Waals surface area (Å²) in [6.07, 6.45) is 5.67. The van der Waals surface area contributed by atoms with Crippen molar-refractivity contribution in [3.05, 3.63) is 34.7 Å². The topological polar surface area (TPSA) is 49.0 Å². The van der Waals surface area contributed by atoms with Gasteiger partial charge in [0.25, 0.3) is 5.56 Å². The Morgan fingerprint density at radius 1 is 1.37 bits per heavy atom. The van der Waals surface area contributed by atoms with Gasteiger partial charge in [0.2, 0.25) is 0 Å². The summed E-state index contributed by atoms with van der Waals surface area (Å²) in [7, 11) is 0. The highest BCUT2D eigenvalue weighted by Crippen LogP contribution is 2.33. The smallest absolute Gasteiger partial charge is 0.250 e. The van der Waals surface area contributed by atoms with Gasteiger partial charge in [0.15, 0.2) is 0 Å². The lowest BCUT2D eigenvalue weighted by Gasteiger charge is -2.36. The highest BCUT2D eigenvalue weighted by Gasteiger charge is 2.33. The van der Waals surface area contributed by atoms with Crippen LogP contribution in [0.4, 0.5) is 0 Å². The third-order valence-electron chi connectivity index (χ3n) is 3.81. The van der Waals surface area contributed by atoms with Gasteiger partial charge in [-0.1, -0.05) is 6.07 Å². The third-order valence-corrected chi connectivity index (χ3v) is 5.10. The monoisotopic (exact) mass is 277 g/mol. The Morgan fingerprint density at radius 2 is 2.11 bits per heavy atom. The zero-order valence-corrected chi connectivity index (χ0v) is 12.0. The van der Waals surface area contributed by atoms with E-state index in [4.69, 9.17) is 0 Å². The number of rotatable bonds is 4. The molecule has 102 valence electrons. The first-order valence-corrected chi connectivity index (χ1v) is 7.76. The number of hydrogen-bond acceptors (Lipinski definition) is 4. The van der Waals surface area contributed by atoms with E-state index >= 15 is 0 Å². The lowest BCUT2D eigenvalue weighted by molar-refractivity contribution is 0.209. The zero-order valence-electron chi connectivity index (χ0n) is 11.2. The Labute approximate surface area is 118 Å². The maximum Gasteiger partial charge on any atom is 0.250 e. The van der Waals surface area contributed by atoms with Crippen LogP contribution in [0.3, 0.4) is 0 Å². The average molecular weight is 277 g/mol. The van der Waals surface area contributed by atoms with Gasteiger partial charge in [0, 0.05) is 38.4 Å². The van der Waals surface area contributed by atoms with E-state index < -0.39 is 0 Å². The Balaban J connectivity index is 1.86.